The number of benzene rings is 4. The Bertz CT molecular complexity index is 1180. The molecule has 0 saturated carbocycles. The fourth-order valence-electron chi connectivity index (χ4n) is 4.65. The molecule has 1 nitrogen and oxygen atoms in total. The smallest absolute Gasteiger partial charge is 0.0708 e. The van der Waals surface area contributed by atoms with E-state index in [0.717, 1.165) is 11.2 Å². The average Bonchev–Trinajstić information content (AvgIpc) is 2.82. The molecule has 0 fully saturated rings. The molecule has 30 heavy (non-hydrogen) atoms. The van der Waals surface area contributed by atoms with Gasteiger partial charge >= 0.3 is 0 Å². The number of para-hydroxylation sites is 1. The zero-order chi connectivity index (χ0) is 20.4. The van der Waals surface area contributed by atoms with E-state index in [9.17, 15) is 0 Å². The van der Waals surface area contributed by atoms with Crippen molar-refractivity contribution < 1.29 is 0 Å². The average molecular weight is 386 g/mol. The van der Waals surface area contributed by atoms with Crippen LogP contribution in [0.3, 0.4) is 0 Å². The van der Waals surface area contributed by atoms with E-state index in [4.69, 9.17) is 4.98 Å². The van der Waals surface area contributed by atoms with Crippen molar-refractivity contribution in [2.75, 3.05) is 0 Å². The van der Waals surface area contributed by atoms with Gasteiger partial charge in [-0.05, 0) is 41.3 Å². The van der Waals surface area contributed by atoms with Crippen molar-refractivity contribution in [1.82, 2.24) is 4.98 Å². The molecule has 0 spiro atoms. The van der Waals surface area contributed by atoms with Crippen LogP contribution in [-0.2, 0) is 5.41 Å². The van der Waals surface area contributed by atoms with E-state index in [1.165, 1.54) is 27.6 Å². The van der Waals surface area contributed by atoms with Crippen LogP contribution in [0.25, 0.3) is 10.9 Å². The maximum Gasteiger partial charge on any atom is 0.0708 e. The minimum Gasteiger partial charge on any atom is -0.253 e. The Balaban J connectivity index is 2.01. The molecule has 1 heterocycles. The first-order chi connectivity index (χ1) is 14.8. The van der Waals surface area contributed by atoms with Crippen LogP contribution in [0.2, 0.25) is 0 Å². The van der Waals surface area contributed by atoms with Crippen molar-refractivity contribution in [3.8, 4) is 0 Å². The molecule has 0 amide bonds. The Hall–Kier alpha value is -3.71. The number of fused-ring (bicyclic) bond motifs is 1. The summed E-state index contributed by atoms with van der Waals surface area (Å²) in [6, 6.07) is 43.2. The molecule has 5 aromatic rings. The third-order valence-electron chi connectivity index (χ3n) is 5.87. The molecule has 0 unspecified atom stereocenters. The molecule has 0 radical (unpaired) electrons. The second-order valence-electron chi connectivity index (χ2n) is 7.68. The minimum absolute atomic E-state index is 0.447. The predicted molar refractivity (Wildman–Crippen MR) is 125 cm³/mol. The van der Waals surface area contributed by atoms with Gasteiger partial charge in [0.2, 0.25) is 0 Å². The van der Waals surface area contributed by atoms with E-state index in [-0.39, 0.29) is 0 Å². The summed E-state index contributed by atoms with van der Waals surface area (Å²) in [6.07, 6.45) is 0. The molecule has 144 valence electrons. The predicted octanol–water partition coefficient (Wildman–Crippen LogP) is 6.93. The van der Waals surface area contributed by atoms with Crippen LogP contribution in [0.4, 0.5) is 0 Å². The monoisotopic (exact) mass is 385 g/mol. The standard InChI is InChI=1S/C29H23N/c1-22-21-27(26-19-11-12-20-28(26)30-22)29(23-13-5-2-6-14-23,24-15-7-3-8-16-24)25-17-9-4-10-18-25/h2-21H,1H3. The number of aryl methyl sites for hydroxylation is 1. The maximum absolute atomic E-state index is 4.83. The fraction of sp³-hybridized carbons (Fsp3) is 0.0690. The molecule has 0 saturated heterocycles. The van der Waals surface area contributed by atoms with E-state index in [0.29, 0.717) is 0 Å². The third-order valence-corrected chi connectivity index (χ3v) is 5.87. The molecular weight excluding hydrogens is 362 g/mol. The normalized spacial score (nSPS) is 11.5. The van der Waals surface area contributed by atoms with E-state index in [1.807, 2.05) is 0 Å². The van der Waals surface area contributed by atoms with Gasteiger partial charge in [-0.3, -0.25) is 4.98 Å². The van der Waals surface area contributed by atoms with Gasteiger partial charge in [0.05, 0.1) is 10.9 Å². The van der Waals surface area contributed by atoms with Crippen molar-refractivity contribution in [2.24, 2.45) is 0 Å². The topological polar surface area (TPSA) is 12.9 Å². The van der Waals surface area contributed by atoms with Crippen LogP contribution in [0.1, 0.15) is 27.9 Å². The molecule has 0 aliphatic heterocycles. The Morgan fingerprint density at radius 1 is 0.533 bits per heavy atom. The van der Waals surface area contributed by atoms with Crippen molar-refractivity contribution in [3.63, 3.8) is 0 Å². The summed E-state index contributed by atoms with van der Waals surface area (Å²) in [4.78, 5) is 4.83. The molecule has 0 aliphatic rings. The number of hydrogen-bond donors (Lipinski definition) is 0. The maximum atomic E-state index is 4.83. The van der Waals surface area contributed by atoms with Gasteiger partial charge in [-0.25, -0.2) is 0 Å². The first kappa shape index (κ1) is 18.3. The summed E-state index contributed by atoms with van der Waals surface area (Å²) >= 11 is 0. The highest BCUT2D eigenvalue weighted by molar-refractivity contribution is 5.86. The second-order valence-corrected chi connectivity index (χ2v) is 7.68. The molecule has 0 aliphatic carbocycles. The van der Waals surface area contributed by atoms with Crippen LogP contribution in [0.5, 0.6) is 0 Å². The van der Waals surface area contributed by atoms with E-state index < -0.39 is 5.41 Å². The lowest BCUT2D eigenvalue weighted by atomic mass is 9.64. The number of aromatic nitrogens is 1. The van der Waals surface area contributed by atoms with Gasteiger partial charge in [-0.15, -0.1) is 0 Å². The quantitative estimate of drug-likeness (QED) is 0.306. The Labute approximate surface area is 177 Å². The zero-order valence-electron chi connectivity index (χ0n) is 17.0. The first-order valence-electron chi connectivity index (χ1n) is 10.3. The lowest BCUT2D eigenvalue weighted by molar-refractivity contribution is 0.750. The molecule has 0 atom stereocenters. The van der Waals surface area contributed by atoms with E-state index in [2.05, 4.69) is 128 Å². The highest BCUT2D eigenvalue weighted by Crippen LogP contribution is 2.47. The van der Waals surface area contributed by atoms with Crippen molar-refractivity contribution in [3.05, 3.63) is 149 Å². The van der Waals surface area contributed by atoms with Gasteiger partial charge in [0.15, 0.2) is 0 Å². The van der Waals surface area contributed by atoms with Gasteiger partial charge in [0.1, 0.15) is 0 Å². The van der Waals surface area contributed by atoms with Crippen molar-refractivity contribution >= 4 is 10.9 Å². The van der Waals surface area contributed by atoms with Crippen molar-refractivity contribution in [1.29, 1.82) is 0 Å². The highest BCUT2D eigenvalue weighted by Gasteiger charge is 2.39. The summed E-state index contributed by atoms with van der Waals surface area (Å²) in [6.45, 7) is 2.08. The van der Waals surface area contributed by atoms with Gasteiger partial charge < -0.3 is 0 Å². The van der Waals surface area contributed by atoms with Crippen LogP contribution in [0.15, 0.2) is 121 Å². The number of nitrogens with zero attached hydrogens (tertiary/aromatic N) is 1. The Kier molecular flexibility index (Phi) is 4.65. The first-order valence-corrected chi connectivity index (χ1v) is 10.3. The third kappa shape index (κ3) is 2.91. The molecular formula is C29H23N. The van der Waals surface area contributed by atoms with Crippen LogP contribution < -0.4 is 0 Å². The molecule has 0 bridgehead atoms. The SMILES string of the molecule is Cc1cc(C(c2ccccc2)(c2ccccc2)c2ccccc2)c2ccccc2n1. The number of pyridine rings is 1. The fourth-order valence-corrected chi connectivity index (χ4v) is 4.65. The van der Waals surface area contributed by atoms with Gasteiger partial charge in [0.25, 0.3) is 0 Å². The molecule has 5 rings (SSSR count). The van der Waals surface area contributed by atoms with Crippen LogP contribution >= 0.6 is 0 Å². The lowest BCUT2D eigenvalue weighted by Gasteiger charge is -2.37. The molecule has 1 heteroatoms. The van der Waals surface area contributed by atoms with Crippen LogP contribution in [-0.4, -0.2) is 4.98 Å². The van der Waals surface area contributed by atoms with Gasteiger partial charge in [0, 0.05) is 11.1 Å². The van der Waals surface area contributed by atoms with E-state index >= 15 is 0 Å². The second kappa shape index (κ2) is 7.61. The van der Waals surface area contributed by atoms with Gasteiger partial charge in [-0.1, -0.05) is 109 Å². The van der Waals surface area contributed by atoms with E-state index in [1.54, 1.807) is 0 Å². The summed E-state index contributed by atoms with van der Waals surface area (Å²) in [7, 11) is 0. The summed E-state index contributed by atoms with van der Waals surface area (Å²) in [5, 5.41) is 1.18. The Morgan fingerprint density at radius 2 is 0.967 bits per heavy atom. The van der Waals surface area contributed by atoms with Crippen LogP contribution in [0, 0.1) is 6.92 Å². The largest absolute Gasteiger partial charge is 0.253 e. The molecule has 1 aromatic heterocycles. The summed E-state index contributed by atoms with van der Waals surface area (Å²) in [5.41, 5.74) is 6.61. The Morgan fingerprint density at radius 3 is 1.47 bits per heavy atom. The highest BCUT2D eigenvalue weighted by atomic mass is 14.7. The number of rotatable bonds is 4. The molecule has 4 aromatic carbocycles. The molecule has 0 N–H and O–H groups in total. The summed E-state index contributed by atoms with van der Waals surface area (Å²) in [5.74, 6) is 0. The minimum atomic E-state index is -0.447. The zero-order valence-corrected chi connectivity index (χ0v) is 17.0. The summed E-state index contributed by atoms with van der Waals surface area (Å²) < 4.78 is 0. The lowest BCUT2D eigenvalue weighted by Crippen LogP contribution is -2.31. The number of hydrogen-bond acceptors (Lipinski definition) is 1. The van der Waals surface area contributed by atoms with Crippen molar-refractivity contribution in [2.45, 2.75) is 12.3 Å². The van der Waals surface area contributed by atoms with Gasteiger partial charge in [-0.2, -0.15) is 0 Å².